The minimum absolute atomic E-state index is 0.0159. The maximum Gasteiger partial charge on any atom is 0.339 e. The number of esters is 1. The predicted octanol–water partition coefficient (Wildman–Crippen LogP) is 1.72. The number of carbonyl (C=O) groups is 1. The van der Waals surface area contributed by atoms with E-state index in [0.717, 1.165) is 22.5 Å². The molecule has 2 rings (SSSR count). The maximum absolute atomic E-state index is 13.2. The topological polar surface area (TPSA) is 76.6 Å². The lowest BCUT2D eigenvalue weighted by atomic mass is 10.1. The number of nitrogens with zero attached hydrogens (tertiary/aromatic N) is 2. The van der Waals surface area contributed by atoms with Crippen molar-refractivity contribution < 1.29 is 26.7 Å². The molecule has 2 aromatic rings. The second-order valence-corrected chi connectivity index (χ2v) is 6.22. The van der Waals surface area contributed by atoms with Gasteiger partial charge in [-0.2, -0.15) is 4.31 Å². The van der Waals surface area contributed by atoms with Crippen LogP contribution in [0.4, 0.5) is 8.78 Å². The molecule has 1 aromatic carbocycles. The van der Waals surface area contributed by atoms with Gasteiger partial charge in [-0.3, -0.25) is 4.98 Å². The molecule has 0 spiro atoms. The fourth-order valence-corrected chi connectivity index (χ4v) is 2.70. The molecule has 1 aromatic heterocycles. The van der Waals surface area contributed by atoms with Gasteiger partial charge < -0.3 is 4.74 Å². The average Bonchev–Trinajstić information content (AvgIpc) is 2.57. The molecule has 1 heterocycles. The van der Waals surface area contributed by atoms with Crippen molar-refractivity contribution in [2.45, 2.75) is 13.0 Å². The Kier molecular flexibility index (Phi) is 6.54. The van der Waals surface area contributed by atoms with Crippen molar-refractivity contribution in [1.82, 2.24) is 9.29 Å². The van der Waals surface area contributed by atoms with Crippen LogP contribution in [0.5, 0.6) is 0 Å². The van der Waals surface area contributed by atoms with E-state index in [1.54, 1.807) is 0 Å². The van der Waals surface area contributed by atoms with E-state index in [1.807, 2.05) is 0 Å². The number of hydrogen-bond acceptors (Lipinski definition) is 5. The summed E-state index contributed by atoms with van der Waals surface area (Å²) in [7, 11) is -1.66. The predicted molar refractivity (Wildman–Crippen MR) is 86.4 cm³/mol. The van der Waals surface area contributed by atoms with Crippen LogP contribution in [0.1, 0.15) is 21.6 Å². The normalized spacial score (nSPS) is 11.1. The molecule has 0 radical (unpaired) electrons. The van der Waals surface area contributed by atoms with Crippen LogP contribution in [0.15, 0.2) is 36.5 Å². The summed E-state index contributed by atoms with van der Waals surface area (Å²) in [6.07, 6.45) is 1.44. The molecule has 0 saturated heterocycles. The third-order valence-electron chi connectivity index (χ3n) is 3.40. The summed E-state index contributed by atoms with van der Waals surface area (Å²) in [4.78, 5) is 15.4. The molecular formula is C16H16F2N2O4S. The quantitative estimate of drug-likeness (QED) is 0.593. The standard InChI is InChI=1S/C16H16F2N2O4S/c1-24-16(21)12-2-3-15(19-9-12)10-20(25(22)23)5-4-11-6-13(17)8-14(18)7-11/h2-3,6-9,25H,4-5,10H2,1H3. The van der Waals surface area contributed by atoms with E-state index >= 15 is 0 Å². The van der Waals surface area contributed by atoms with Crippen molar-refractivity contribution in [2.24, 2.45) is 0 Å². The Morgan fingerprint density at radius 3 is 2.40 bits per heavy atom. The van der Waals surface area contributed by atoms with Crippen LogP contribution >= 0.6 is 0 Å². The molecule has 0 saturated carbocycles. The summed E-state index contributed by atoms with van der Waals surface area (Å²) in [5, 5.41) is 0. The molecule has 0 atom stereocenters. The third kappa shape index (κ3) is 5.57. The Morgan fingerprint density at radius 2 is 1.88 bits per heavy atom. The van der Waals surface area contributed by atoms with Gasteiger partial charge in [0.15, 0.2) is 0 Å². The SMILES string of the molecule is COC(=O)c1ccc(CN(CCc2cc(F)cc(F)c2)[SH](=O)=O)nc1. The first-order valence-electron chi connectivity index (χ1n) is 7.26. The van der Waals surface area contributed by atoms with Crippen LogP contribution in [0.25, 0.3) is 0 Å². The van der Waals surface area contributed by atoms with Crippen LogP contribution in [0.3, 0.4) is 0 Å². The lowest BCUT2D eigenvalue weighted by Crippen LogP contribution is -2.24. The van der Waals surface area contributed by atoms with Gasteiger partial charge in [0.2, 0.25) is 10.9 Å². The zero-order valence-corrected chi connectivity index (χ0v) is 14.2. The summed E-state index contributed by atoms with van der Waals surface area (Å²) in [5.41, 5.74) is 1.03. The van der Waals surface area contributed by atoms with E-state index in [9.17, 15) is 22.0 Å². The van der Waals surface area contributed by atoms with Gasteiger partial charge in [0.05, 0.1) is 24.9 Å². The number of halogens is 2. The van der Waals surface area contributed by atoms with Gasteiger partial charge in [-0.1, -0.05) is 0 Å². The summed E-state index contributed by atoms with van der Waals surface area (Å²) in [6.45, 7) is 0.0278. The smallest absolute Gasteiger partial charge is 0.339 e. The lowest BCUT2D eigenvalue weighted by molar-refractivity contribution is 0.0600. The monoisotopic (exact) mass is 370 g/mol. The average molecular weight is 370 g/mol. The molecule has 9 heteroatoms. The summed E-state index contributed by atoms with van der Waals surface area (Å²) < 4.78 is 54.8. The summed E-state index contributed by atoms with van der Waals surface area (Å²) >= 11 is 0. The largest absolute Gasteiger partial charge is 0.465 e. The molecule has 0 aliphatic rings. The van der Waals surface area contributed by atoms with Crippen LogP contribution in [-0.4, -0.2) is 37.3 Å². The molecule has 134 valence electrons. The number of methoxy groups -OCH3 is 1. The van der Waals surface area contributed by atoms with Crippen molar-refractivity contribution in [3.05, 3.63) is 65.0 Å². The first kappa shape index (κ1) is 18.9. The molecule has 0 N–H and O–H groups in total. The van der Waals surface area contributed by atoms with Gasteiger partial charge >= 0.3 is 5.97 Å². The summed E-state index contributed by atoms with van der Waals surface area (Å²) in [5.74, 6) is -1.97. The van der Waals surface area contributed by atoms with Crippen LogP contribution in [0.2, 0.25) is 0 Å². The first-order valence-corrected chi connectivity index (χ1v) is 8.39. The Balaban J connectivity index is 2.04. The molecular weight excluding hydrogens is 354 g/mol. The molecule has 6 nitrogen and oxygen atoms in total. The third-order valence-corrected chi connectivity index (χ3v) is 4.21. The number of ether oxygens (including phenoxy) is 1. The highest BCUT2D eigenvalue weighted by molar-refractivity contribution is 7.69. The van der Waals surface area contributed by atoms with Crippen molar-refractivity contribution >= 4 is 16.9 Å². The maximum atomic E-state index is 13.2. The Morgan fingerprint density at radius 1 is 1.20 bits per heavy atom. The zero-order chi connectivity index (χ0) is 18.4. The summed E-state index contributed by atoms with van der Waals surface area (Å²) in [6, 6.07) is 6.05. The molecule has 0 aliphatic carbocycles. The van der Waals surface area contributed by atoms with E-state index in [0.29, 0.717) is 11.3 Å². The highest BCUT2D eigenvalue weighted by atomic mass is 32.2. The number of hydrogen-bond donors (Lipinski definition) is 1. The molecule has 0 amide bonds. The number of rotatable bonds is 7. The van der Waals surface area contributed by atoms with Gasteiger partial charge in [-0.25, -0.2) is 22.0 Å². The van der Waals surface area contributed by atoms with E-state index < -0.39 is 28.5 Å². The highest BCUT2D eigenvalue weighted by Crippen LogP contribution is 2.11. The minimum atomic E-state index is -2.91. The van der Waals surface area contributed by atoms with Crippen LogP contribution < -0.4 is 0 Å². The van der Waals surface area contributed by atoms with Crippen molar-refractivity contribution in [3.63, 3.8) is 0 Å². The Bertz CT molecular complexity index is 797. The first-order chi connectivity index (χ1) is 11.9. The van der Waals surface area contributed by atoms with Gasteiger partial charge in [-0.15, -0.1) is 0 Å². The van der Waals surface area contributed by atoms with Gasteiger partial charge in [0.1, 0.15) is 11.6 Å². The van der Waals surface area contributed by atoms with Crippen LogP contribution in [-0.2, 0) is 28.6 Å². The van der Waals surface area contributed by atoms with Crippen LogP contribution in [0, 0.1) is 11.6 Å². The second-order valence-electron chi connectivity index (χ2n) is 5.18. The number of aromatic nitrogens is 1. The van der Waals surface area contributed by atoms with Gasteiger partial charge in [0, 0.05) is 18.8 Å². The van der Waals surface area contributed by atoms with Crippen molar-refractivity contribution in [2.75, 3.05) is 13.7 Å². The van der Waals surface area contributed by atoms with E-state index in [1.165, 1.54) is 25.4 Å². The molecule has 0 fully saturated rings. The Labute approximate surface area is 145 Å². The van der Waals surface area contributed by atoms with Crippen molar-refractivity contribution in [1.29, 1.82) is 0 Å². The van der Waals surface area contributed by atoms with E-state index in [2.05, 4.69) is 9.72 Å². The van der Waals surface area contributed by atoms with Gasteiger partial charge in [-0.05, 0) is 36.2 Å². The number of thiol groups is 1. The number of pyridine rings is 1. The van der Waals surface area contributed by atoms with Crippen molar-refractivity contribution in [3.8, 4) is 0 Å². The zero-order valence-electron chi connectivity index (χ0n) is 13.3. The molecule has 0 bridgehead atoms. The van der Waals surface area contributed by atoms with E-state index in [4.69, 9.17) is 0 Å². The van der Waals surface area contributed by atoms with E-state index in [-0.39, 0.29) is 25.1 Å². The lowest BCUT2D eigenvalue weighted by Gasteiger charge is -2.15. The second kappa shape index (κ2) is 8.63. The minimum Gasteiger partial charge on any atom is -0.465 e. The van der Waals surface area contributed by atoms with Gasteiger partial charge in [0.25, 0.3) is 0 Å². The molecule has 0 aliphatic heterocycles. The molecule has 25 heavy (non-hydrogen) atoms. The molecule has 0 unspecified atom stereocenters. The number of benzene rings is 1. The number of carbonyl (C=O) groups excluding carboxylic acids is 1. The fourth-order valence-electron chi connectivity index (χ4n) is 2.18. The Hall–Kier alpha value is -2.39. The highest BCUT2D eigenvalue weighted by Gasteiger charge is 2.12. The fraction of sp³-hybridized carbons (Fsp3) is 0.250.